The molecule has 0 radical (unpaired) electrons. The first-order chi connectivity index (χ1) is 13.6. The number of hydrogen-bond donors (Lipinski definition) is 2. The third-order valence-electron chi connectivity index (χ3n) is 5.97. The van der Waals surface area contributed by atoms with Gasteiger partial charge >= 0.3 is 6.03 Å². The molecular weight excluding hydrogens is 350 g/mol. The molecule has 146 valence electrons. The van der Waals surface area contributed by atoms with Crippen molar-refractivity contribution in [3.63, 3.8) is 0 Å². The van der Waals surface area contributed by atoms with Crippen molar-refractivity contribution in [1.29, 1.82) is 0 Å². The average molecular weight is 377 g/mol. The van der Waals surface area contributed by atoms with Gasteiger partial charge in [0, 0.05) is 19.6 Å². The van der Waals surface area contributed by atoms with Crippen LogP contribution in [-0.4, -0.2) is 42.0 Å². The minimum absolute atomic E-state index is 0.165. The number of hydrogen-bond acceptors (Lipinski definition) is 3. The van der Waals surface area contributed by atoms with E-state index in [1.165, 1.54) is 11.1 Å². The highest BCUT2D eigenvalue weighted by atomic mass is 16.2. The van der Waals surface area contributed by atoms with Gasteiger partial charge in [-0.3, -0.25) is 10.1 Å². The maximum Gasteiger partial charge on any atom is 0.322 e. The summed E-state index contributed by atoms with van der Waals surface area (Å²) < 4.78 is 0. The van der Waals surface area contributed by atoms with Crippen molar-refractivity contribution in [2.75, 3.05) is 19.6 Å². The van der Waals surface area contributed by atoms with Crippen LogP contribution < -0.4 is 10.6 Å². The molecule has 2 N–H and O–H groups in total. The molecule has 2 aliphatic heterocycles. The molecule has 0 saturated carbocycles. The van der Waals surface area contributed by atoms with Crippen LogP contribution in [0.2, 0.25) is 0 Å². The van der Waals surface area contributed by atoms with E-state index in [-0.39, 0.29) is 11.9 Å². The monoisotopic (exact) mass is 377 g/mol. The molecule has 0 unspecified atom stereocenters. The summed E-state index contributed by atoms with van der Waals surface area (Å²) in [5.74, 6) is 0.341. The number of imide groups is 1. The van der Waals surface area contributed by atoms with Gasteiger partial charge in [-0.15, -0.1) is 0 Å². The Kier molecular flexibility index (Phi) is 5.44. The first-order valence-electron chi connectivity index (χ1n) is 10.1. The van der Waals surface area contributed by atoms with E-state index >= 15 is 0 Å². The maximum absolute atomic E-state index is 12.2. The summed E-state index contributed by atoms with van der Waals surface area (Å²) in [5, 5.41) is 5.24. The van der Waals surface area contributed by atoms with E-state index in [0.717, 1.165) is 32.5 Å². The number of piperidine rings is 1. The van der Waals surface area contributed by atoms with Gasteiger partial charge in [0.05, 0.1) is 0 Å². The van der Waals surface area contributed by atoms with Crippen LogP contribution in [0.1, 0.15) is 24.0 Å². The van der Waals surface area contributed by atoms with Gasteiger partial charge in [-0.25, -0.2) is 4.79 Å². The van der Waals surface area contributed by atoms with Gasteiger partial charge in [0.1, 0.15) is 5.54 Å². The van der Waals surface area contributed by atoms with Crippen molar-refractivity contribution in [2.24, 2.45) is 5.92 Å². The highest BCUT2D eigenvalue weighted by molar-refractivity contribution is 6.07. The maximum atomic E-state index is 12.2. The third kappa shape index (κ3) is 4.25. The fraction of sp³-hybridized carbons (Fsp3) is 0.391. The topological polar surface area (TPSA) is 61.4 Å². The summed E-state index contributed by atoms with van der Waals surface area (Å²) in [6, 6.07) is 20.9. The quantitative estimate of drug-likeness (QED) is 0.761. The van der Waals surface area contributed by atoms with Crippen molar-refractivity contribution >= 4 is 11.9 Å². The van der Waals surface area contributed by atoms with Crippen LogP contribution >= 0.6 is 0 Å². The molecule has 5 nitrogen and oxygen atoms in total. The van der Waals surface area contributed by atoms with Crippen LogP contribution in [0.15, 0.2) is 60.7 Å². The Balaban J connectivity index is 1.41. The lowest BCUT2D eigenvalue weighted by Gasteiger charge is -2.38. The molecule has 2 aliphatic rings. The van der Waals surface area contributed by atoms with Crippen molar-refractivity contribution in [3.8, 4) is 0 Å². The molecule has 1 spiro atoms. The minimum atomic E-state index is -0.693. The highest BCUT2D eigenvalue weighted by Gasteiger charge is 2.47. The second kappa shape index (κ2) is 8.15. The molecule has 2 heterocycles. The van der Waals surface area contributed by atoms with Crippen LogP contribution in [-0.2, 0) is 17.6 Å². The Morgan fingerprint density at radius 2 is 1.39 bits per heavy atom. The predicted molar refractivity (Wildman–Crippen MR) is 109 cm³/mol. The third-order valence-corrected chi connectivity index (χ3v) is 5.97. The van der Waals surface area contributed by atoms with Crippen LogP contribution in [0.5, 0.6) is 0 Å². The summed E-state index contributed by atoms with van der Waals surface area (Å²) in [4.78, 5) is 26.1. The van der Waals surface area contributed by atoms with Gasteiger partial charge < -0.3 is 10.2 Å². The molecule has 4 rings (SSSR count). The lowest BCUT2D eigenvalue weighted by molar-refractivity contribution is -0.125. The van der Waals surface area contributed by atoms with Crippen molar-refractivity contribution < 1.29 is 9.59 Å². The van der Waals surface area contributed by atoms with Gasteiger partial charge in [0.2, 0.25) is 0 Å². The first kappa shape index (κ1) is 18.7. The fourth-order valence-corrected chi connectivity index (χ4v) is 4.46. The van der Waals surface area contributed by atoms with Crippen LogP contribution in [0.4, 0.5) is 4.79 Å². The van der Waals surface area contributed by atoms with Crippen LogP contribution in [0, 0.1) is 5.92 Å². The number of amides is 3. The number of rotatable bonds is 6. The zero-order valence-corrected chi connectivity index (χ0v) is 16.1. The van der Waals surface area contributed by atoms with E-state index in [1.54, 1.807) is 0 Å². The molecule has 0 aromatic heterocycles. The molecule has 3 amide bonds. The second-order valence-electron chi connectivity index (χ2n) is 8.04. The highest BCUT2D eigenvalue weighted by Crippen LogP contribution is 2.27. The summed E-state index contributed by atoms with van der Waals surface area (Å²) in [7, 11) is 0. The molecule has 2 fully saturated rings. The van der Waals surface area contributed by atoms with E-state index in [0.29, 0.717) is 18.8 Å². The minimum Gasteiger partial charge on any atom is -0.323 e. The lowest BCUT2D eigenvalue weighted by Crippen LogP contribution is -2.55. The van der Waals surface area contributed by atoms with Gasteiger partial charge in [-0.1, -0.05) is 60.7 Å². The standard InChI is InChI=1S/C23H27N3O2/c27-21-23(25-22(28)24-21)11-13-26(14-12-23)17-20(15-18-7-3-1-4-8-18)16-19-9-5-2-6-10-19/h1-10,20H,11-17H2,(H2,24,25,27,28). The van der Waals surface area contributed by atoms with E-state index in [9.17, 15) is 9.59 Å². The van der Waals surface area contributed by atoms with Crippen LogP contribution in [0.3, 0.4) is 0 Å². The number of likely N-dealkylation sites (tertiary alicyclic amines) is 1. The fourth-order valence-electron chi connectivity index (χ4n) is 4.46. The Morgan fingerprint density at radius 1 is 0.857 bits per heavy atom. The van der Waals surface area contributed by atoms with E-state index < -0.39 is 5.54 Å². The second-order valence-corrected chi connectivity index (χ2v) is 8.04. The zero-order valence-electron chi connectivity index (χ0n) is 16.1. The summed E-state index contributed by atoms with van der Waals surface area (Å²) >= 11 is 0. The summed E-state index contributed by atoms with van der Waals surface area (Å²) in [5.41, 5.74) is 2.03. The van der Waals surface area contributed by atoms with E-state index in [1.807, 2.05) is 0 Å². The molecular formula is C23H27N3O2. The molecule has 0 aliphatic carbocycles. The predicted octanol–water partition coefficient (Wildman–Crippen LogP) is 2.76. The molecule has 5 heteroatoms. The number of benzene rings is 2. The SMILES string of the molecule is O=C1NC(=O)C2(CCN(CC(Cc3ccccc3)Cc3ccccc3)CC2)N1. The van der Waals surface area contributed by atoms with Crippen LogP contribution in [0.25, 0.3) is 0 Å². The van der Waals surface area contributed by atoms with E-state index in [4.69, 9.17) is 0 Å². The largest absolute Gasteiger partial charge is 0.323 e. The molecule has 2 aromatic rings. The van der Waals surface area contributed by atoms with Gasteiger partial charge in [-0.2, -0.15) is 0 Å². The molecule has 2 aromatic carbocycles. The van der Waals surface area contributed by atoms with Gasteiger partial charge in [0.25, 0.3) is 5.91 Å². The Hall–Kier alpha value is -2.66. The van der Waals surface area contributed by atoms with Crippen molar-refractivity contribution in [3.05, 3.63) is 71.8 Å². The molecule has 28 heavy (non-hydrogen) atoms. The van der Waals surface area contributed by atoms with Gasteiger partial charge in [0.15, 0.2) is 0 Å². The number of carbonyl (C=O) groups excluding carboxylic acids is 2. The average Bonchev–Trinajstić information content (AvgIpc) is 2.98. The van der Waals surface area contributed by atoms with Crippen molar-refractivity contribution in [2.45, 2.75) is 31.2 Å². The number of urea groups is 1. The summed E-state index contributed by atoms with van der Waals surface area (Å²) in [6.07, 6.45) is 3.42. The summed E-state index contributed by atoms with van der Waals surface area (Å²) in [6.45, 7) is 2.65. The zero-order chi connectivity index (χ0) is 19.4. The smallest absolute Gasteiger partial charge is 0.322 e. The number of carbonyl (C=O) groups is 2. The Bertz CT molecular complexity index is 773. The first-order valence-corrected chi connectivity index (χ1v) is 10.1. The molecule has 0 bridgehead atoms. The van der Waals surface area contributed by atoms with Gasteiger partial charge in [-0.05, 0) is 42.7 Å². The number of nitrogens with one attached hydrogen (secondary N) is 2. The Morgan fingerprint density at radius 3 is 1.86 bits per heavy atom. The lowest BCUT2D eigenvalue weighted by atomic mass is 9.86. The molecule has 2 saturated heterocycles. The molecule has 0 atom stereocenters. The normalized spacial score (nSPS) is 19.0. The number of nitrogens with zero attached hydrogens (tertiary/aromatic N) is 1. The Labute approximate surface area is 166 Å². The van der Waals surface area contributed by atoms with Crippen molar-refractivity contribution in [1.82, 2.24) is 15.5 Å². The van der Waals surface area contributed by atoms with E-state index in [2.05, 4.69) is 76.2 Å².